The number of hydrogen-bond acceptors (Lipinski definition) is 7. The summed E-state index contributed by atoms with van der Waals surface area (Å²) in [5, 5.41) is 0.383. The van der Waals surface area contributed by atoms with Crippen LogP contribution in [0.15, 0.2) is 78.0 Å². The standard InChI is InChI=1S/C27H24N2O6S/c1-3-24(31)25-20(16-21(30)15-18-9-11-19(12-10-18)27(32)35-2)17-28-26-23(25)13-14-29(26)36(33,34)22-7-5-4-6-8-22/h4-14,17H,3,15-16H2,1-2H3. The van der Waals surface area contributed by atoms with E-state index >= 15 is 0 Å². The number of fused-ring (bicyclic) bond motifs is 1. The molecule has 2 aromatic heterocycles. The average Bonchev–Trinajstić information content (AvgIpc) is 3.33. The second kappa shape index (κ2) is 10.2. The quantitative estimate of drug-likeness (QED) is 0.250. The number of carbonyl (C=O) groups is 3. The minimum Gasteiger partial charge on any atom is -0.465 e. The molecule has 184 valence electrons. The molecular formula is C27H24N2O6S. The molecule has 0 aliphatic rings. The van der Waals surface area contributed by atoms with Crippen molar-refractivity contribution < 1.29 is 27.5 Å². The number of esters is 1. The molecule has 0 fully saturated rings. The Morgan fingerprint density at radius 3 is 2.28 bits per heavy atom. The maximum atomic E-state index is 13.2. The van der Waals surface area contributed by atoms with E-state index in [9.17, 15) is 22.8 Å². The van der Waals surface area contributed by atoms with Gasteiger partial charge in [0.15, 0.2) is 11.4 Å². The normalized spacial score (nSPS) is 11.4. The summed E-state index contributed by atoms with van der Waals surface area (Å²) in [5.74, 6) is -0.817. The van der Waals surface area contributed by atoms with Crippen LogP contribution >= 0.6 is 0 Å². The third-order valence-electron chi connectivity index (χ3n) is 5.82. The first-order valence-corrected chi connectivity index (χ1v) is 12.7. The summed E-state index contributed by atoms with van der Waals surface area (Å²) in [6.45, 7) is 1.71. The number of ether oxygens (including phenoxy) is 1. The minimum atomic E-state index is -3.92. The number of ketones is 2. The number of pyridine rings is 1. The Labute approximate surface area is 208 Å². The van der Waals surface area contributed by atoms with Crippen LogP contribution in [0.25, 0.3) is 11.0 Å². The number of aromatic nitrogens is 2. The molecule has 9 heteroatoms. The molecule has 36 heavy (non-hydrogen) atoms. The molecule has 0 N–H and O–H groups in total. The number of hydrogen-bond donors (Lipinski definition) is 0. The zero-order valence-electron chi connectivity index (χ0n) is 19.8. The van der Waals surface area contributed by atoms with Crippen LogP contribution in [0.4, 0.5) is 0 Å². The lowest BCUT2D eigenvalue weighted by atomic mass is 9.95. The first-order valence-electron chi connectivity index (χ1n) is 11.3. The fourth-order valence-electron chi connectivity index (χ4n) is 4.02. The van der Waals surface area contributed by atoms with Crippen LogP contribution < -0.4 is 0 Å². The highest BCUT2D eigenvalue weighted by Gasteiger charge is 2.24. The van der Waals surface area contributed by atoms with Crippen molar-refractivity contribution in [2.24, 2.45) is 0 Å². The van der Waals surface area contributed by atoms with E-state index in [1.807, 2.05) is 0 Å². The smallest absolute Gasteiger partial charge is 0.337 e. The van der Waals surface area contributed by atoms with Crippen LogP contribution in [0.5, 0.6) is 0 Å². The summed E-state index contributed by atoms with van der Waals surface area (Å²) in [6.07, 6.45) is 3.02. The van der Waals surface area contributed by atoms with Gasteiger partial charge in [-0.15, -0.1) is 0 Å². The lowest BCUT2D eigenvalue weighted by Gasteiger charge is -2.11. The van der Waals surface area contributed by atoms with E-state index in [-0.39, 0.29) is 41.4 Å². The molecule has 0 atom stereocenters. The molecule has 0 saturated carbocycles. The molecule has 0 amide bonds. The van der Waals surface area contributed by atoms with Crippen molar-refractivity contribution in [3.8, 4) is 0 Å². The van der Waals surface area contributed by atoms with Gasteiger partial charge in [-0.1, -0.05) is 37.3 Å². The molecule has 0 aliphatic carbocycles. The first-order chi connectivity index (χ1) is 17.3. The number of nitrogens with zero attached hydrogens (tertiary/aromatic N) is 2. The Morgan fingerprint density at radius 2 is 1.64 bits per heavy atom. The Balaban J connectivity index is 1.66. The van der Waals surface area contributed by atoms with Gasteiger partial charge in [0.1, 0.15) is 5.78 Å². The molecule has 2 heterocycles. The van der Waals surface area contributed by atoms with Gasteiger partial charge in [-0.05, 0) is 41.5 Å². The molecule has 0 aliphatic heterocycles. The minimum absolute atomic E-state index is 0.0423. The lowest BCUT2D eigenvalue weighted by Crippen LogP contribution is -2.14. The topological polar surface area (TPSA) is 112 Å². The van der Waals surface area contributed by atoms with E-state index in [1.165, 1.54) is 31.6 Å². The summed E-state index contributed by atoms with van der Waals surface area (Å²) in [6, 6.07) is 16.0. The molecule has 8 nitrogen and oxygen atoms in total. The number of rotatable bonds is 9. The third-order valence-corrected chi connectivity index (χ3v) is 7.50. The van der Waals surface area contributed by atoms with E-state index in [2.05, 4.69) is 9.72 Å². The van der Waals surface area contributed by atoms with E-state index < -0.39 is 16.0 Å². The van der Waals surface area contributed by atoms with Crippen molar-refractivity contribution >= 4 is 38.6 Å². The van der Waals surface area contributed by atoms with Crippen molar-refractivity contribution in [3.63, 3.8) is 0 Å². The highest BCUT2D eigenvalue weighted by molar-refractivity contribution is 7.90. The molecule has 0 saturated heterocycles. The second-order valence-corrected chi connectivity index (χ2v) is 10.00. The maximum Gasteiger partial charge on any atom is 0.337 e. The fraction of sp³-hybridized carbons (Fsp3) is 0.185. The van der Waals surface area contributed by atoms with E-state index in [0.717, 1.165) is 3.97 Å². The average molecular weight is 505 g/mol. The molecule has 0 unspecified atom stereocenters. The largest absolute Gasteiger partial charge is 0.465 e. The predicted octanol–water partition coefficient (Wildman–Crippen LogP) is 4.01. The Bertz CT molecular complexity index is 1560. The van der Waals surface area contributed by atoms with Crippen LogP contribution in [-0.2, 0) is 32.4 Å². The summed E-state index contributed by atoms with van der Waals surface area (Å²) in [4.78, 5) is 41.8. The maximum absolute atomic E-state index is 13.2. The van der Waals surface area contributed by atoms with Gasteiger partial charge in [-0.25, -0.2) is 22.2 Å². The molecule has 4 aromatic rings. The third kappa shape index (κ3) is 4.83. The van der Waals surface area contributed by atoms with Gasteiger partial charge < -0.3 is 4.74 Å². The van der Waals surface area contributed by atoms with Crippen molar-refractivity contribution in [2.45, 2.75) is 31.1 Å². The molecule has 4 rings (SSSR count). The highest BCUT2D eigenvalue weighted by Crippen LogP contribution is 2.27. The van der Waals surface area contributed by atoms with Gasteiger partial charge >= 0.3 is 5.97 Å². The number of Topliss-reactive ketones (excluding diaryl/α,β-unsaturated/α-hetero) is 2. The highest BCUT2D eigenvalue weighted by atomic mass is 32.2. The zero-order chi connectivity index (χ0) is 25.9. The number of carbonyl (C=O) groups excluding carboxylic acids is 3. The van der Waals surface area contributed by atoms with Gasteiger partial charge in [-0.2, -0.15) is 0 Å². The van der Waals surface area contributed by atoms with Gasteiger partial charge in [0.25, 0.3) is 10.0 Å². The fourth-order valence-corrected chi connectivity index (χ4v) is 5.35. The molecule has 2 aromatic carbocycles. The van der Waals surface area contributed by atoms with Crippen LogP contribution in [0.2, 0.25) is 0 Å². The van der Waals surface area contributed by atoms with Crippen LogP contribution in [0, 0.1) is 0 Å². The zero-order valence-corrected chi connectivity index (χ0v) is 20.6. The van der Waals surface area contributed by atoms with Crippen LogP contribution in [0.3, 0.4) is 0 Å². The van der Waals surface area contributed by atoms with Gasteiger partial charge in [0.05, 0.1) is 17.6 Å². The van der Waals surface area contributed by atoms with Crippen molar-refractivity contribution in [1.29, 1.82) is 0 Å². The molecular weight excluding hydrogens is 480 g/mol. The summed E-state index contributed by atoms with van der Waals surface area (Å²) < 4.78 is 32.1. The lowest BCUT2D eigenvalue weighted by molar-refractivity contribution is -0.117. The number of methoxy groups -OCH3 is 1. The second-order valence-electron chi connectivity index (χ2n) is 8.18. The Hall–Kier alpha value is -4.11. The molecule has 0 radical (unpaired) electrons. The van der Waals surface area contributed by atoms with Gasteiger partial charge in [-0.3, -0.25) is 9.59 Å². The van der Waals surface area contributed by atoms with Gasteiger partial charge in [0.2, 0.25) is 0 Å². The van der Waals surface area contributed by atoms with Crippen LogP contribution in [0.1, 0.15) is 45.2 Å². The van der Waals surface area contributed by atoms with E-state index in [1.54, 1.807) is 55.5 Å². The van der Waals surface area contributed by atoms with Crippen molar-refractivity contribution in [3.05, 3.63) is 95.3 Å². The Kier molecular flexibility index (Phi) is 7.12. The molecule has 0 bridgehead atoms. The Morgan fingerprint density at radius 1 is 0.944 bits per heavy atom. The van der Waals surface area contributed by atoms with E-state index in [0.29, 0.717) is 27.6 Å². The summed E-state index contributed by atoms with van der Waals surface area (Å²) in [7, 11) is -2.62. The van der Waals surface area contributed by atoms with E-state index in [4.69, 9.17) is 0 Å². The molecule has 0 spiro atoms. The van der Waals surface area contributed by atoms with Crippen molar-refractivity contribution in [1.82, 2.24) is 8.96 Å². The van der Waals surface area contributed by atoms with Gasteiger partial charge in [0, 0.05) is 42.6 Å². The summed E-state index contributed by atoms with van der Waals surface area (Å²) in [5.41, 5.74) is 1.98. The first kappa shape index (κ1) is 25.0. The monoisotopic (exact) mass is 504 g/mol. The van der Waals surface area contributed by atoms with Crippen LogP contribution in [-0.4, -0.2) is 42.0 Å². The number of benzene rings is 2. The summed E-state index contributed by atoms with van der Waals surface area (Å²) >= 11 is 0. The predicted molar refractivity (Wildman–Crippen MR) is 134 cm³/mol. The van der Waals surface area contributed by atoms with Crippen molar-refractivity contribution in [2.75, 3.05) is 7.11 Å². The SMILES string of the molecule is CCC(=O)c1c(CC(=O)Cc2ccc(C(=O)OC)cc2)cnc2c1ccn2S(=O)(=O)c1ccccc1.